The summed E-state index contributed by atoms with van der Waals surface area (Å²) in [5.41, 5.74) is 0.164. The zero-order chi connectivity index (χ0) is 11.6. The van der Waals surface area contributed by atoms with Crippen LogP contribution in [0.5, 0.6) is 0 Å². The molecule has 2 aliphatic rings. The summed E-state index contributed by atoms with van der Waals surface area (Å²) in [6, 6.07) is 0. The zero-order valence-electron chi connectivity index (χ0n) is 10.4. The Bertz CT molecular complexity index is 295. The van der Waals surface area contributed by atoms with E-state index in [1.54, 1.807) is 0 Å². The van der Waals surface area contributed by atoms with E-state index < -0.39 is 0 Å². The Morgan fingerprint density at radius 3 is 2.94 bits per heavy atom. The average molecular weight is 222 g/mol. The highest BCUT2D eigenvalue weighted by Gasteiger charge is 2.42. The molecule has 0 saturated heterocycles. The van der Waals surface area contributed by atoms with Crippen molar-refractivity contribution in [3.63, 3.8) is 0 Å². The van der Waals surface area contributed by atoms with Crippen molar-refractivity contribution in [2.75, 3.05) is 6.61 Å². The van der Waals surface area contributed by atoms with E-state index >= 15 is 0 Å². The molecular weight excluding hydrogens is 200 g/mol. The van der Waals surface area contributed by atoms with Crippen molar-refractivity contribution >= 4 is 5.97 Å². The lowest BCUT2D eigenvalue weighted by Gasteiger charge is -2.22. The highest BCUT2D eigenvalue weighted by molar-refractivity contribution is 5.71. The highest BCUT2D eigenvalue weighted by Crippen LogP contribution is 2.51. The minimum Gasteiger partial charge on any atom is -0.465 e. The minimum absolute atomic E-state index is 0.00694. The lowest BCUT2D eigenvalue weighted by molar-refractivity contribution is -0.146. The molecule has 1 fully saturated rings. The number of esters is 1. The van der Waals surface area contributed by atoms with Crippen molar-refractivity contribution in [2.45, 2.75) is 46.0 Å². The summed E-state index contributed by atoms with van der Waals surface area (Å²) in [6.07, 6.45) is 9.81. The molecule has 0 radical (unpaired) electrons. The predicted octanol–water partition coefficient (Wildman–Crippen LogP) is 3.32. The SMILES string of the molecule is CCC(C)COC(=O)CC12C=CC(CC1)C2. The molecule has 1 saturated carbocycles. The smallest absolute Gasteiger partial charge is 0.306 e. The second-order valence-electron chi connectivity index (χ2n) is 5.60. The standard InChI is InChI=1S/C14H22O2/c1-3-11(2)10-16-13(15)9-14-6-4-12(8-14)5-7-14/h4,6,11-12H,3,5,7-10H2,1-2H3. The fraction of sp³-hybridized carbons (Fsp3) is 0.786. The maximum atomic E-state index is 11.7. The van der Waals surface area contributed by atoms with Crippen LogP contribution in [0.2, 0.25) is 0 Å². The first-order valence-electron chi connectivity index (χ1n) is 6.48. The Hall–Kier alpha value is -0.790. The molecule has 16 heavy (non-hydrogen) atoms. The van der Waals surface area contributed by atoms with Gasteiger partial charge in [-0.1, -0.05) is 32.4 Å². The number of hydrogen-bond donors (Lipinski definition) is 0. The van der Waals surface area contributed by atoms with Crippen molar-refractivity contribution in [3.8, 4) is 0 Å². The van der Waals surface area contributed by atoms with Crippen molar-refractivity contribution < 1.29 is 9.53 Å². The summed E-state index contributed by atoms with van der Waals surface area (Å²) in [5, 5.41) is 0. The largest absolute Gasteiger partial charge is 0.465 e. The van der Waals surface area contributed by atoms with Gasteiger partial charge in [-0.3, -0.25) is 4.79 Å². The van der Waals surface area contributed by atoms with Crippen LogP contribution in [0.25, 0.3) is 0 Å². The van der Waals surface area contributed by atoms with Gasteiger partial charge in [0.2, 0.25) is 0 Å². The van der Waals surface area contributed by atoms with E-state index in [4.69, 9.17) is 4.74 Å². The maximum absolute atomic E-state index is 11.7. The van der Waals surface area contributed by atoms with Crippen LogP contribution >= 0.6 is 0 Å². The molecule has 0 aromatic carbocycles. The Morgan fingerprint density at radius 1 is 1.62 bits per heavy atom. The Balaban J connectivity index is 1.77. The molecule has 2 aliphatic carbocycles. The molecule has 90 valence electrons. The summed E-state index contributed by atoms with van der Waals surface area (Å²) in [4.78, 5) is 11.7. The molecule has 2 rings (SSSR count). The Morgan fingerprint density at radius 2 is 2.44 bits per heavy atom. The first kappa shape index (κ1) is 11.7. The lowest BCUT2D eigenvalue weighted by Crippen LogP contribution is -2.20. The van der Waals surface area contributed by atoms with Gasteiger partial charge in [0.05, 0.1) is 13.0 Å². The van der Waals surface area contributed by atoms with Crippen LogP contribution in [0.3, 0.4) is 0 Å². The first-order chi connectivity index (χ1) is 7.63. The van der Waals surface area contributed by atoms with E-state index in [1.165, 1.54) is 19.3 Å². The molecule has 0 aliphatic heterocycles. The van der Waals surface area contributed by atoms with Crippen molar-refractivity contribution in [1.29, 1.82) is 0 Å². The Kier molecular flexibility index (Phi) is 3.36. The van der Waals surface area contributed by atoms with Crippen LogP contribution in [-0.2, 0) is 9.53 Å². The topological polar surface area (TPSA) is 26.3 Å². The van der Waals surface area contributed by atoms with Gasteiger partial charge in [0, 0.05) is 0 Å². The molecule has 0 heterocycles. The van der Waals surface area contributed by atoms with Crippen LogP contribution < -0.4 is 0 Å². The molecule has 3 atom stereocenters. The predicted molar refractivity (Wildman–Crippen MR) is 63.9 cm³/mol. The van der Waals surface area contributed by atoms with E-state index in [9.17, 15) is 4.79 Å². The van der Waals surface area contributed by atoms with E-state index in [0.717, 1.165) is 12.3 Å². The molecule has 2 heteroatoms. The van der Waals surface area contributed by atoms with Gasteiger partial charge < -0.3 is 4.74 Å². The fourth-order valence-electron chi connectivity index (χ4n) is 2.77. The summed E-state index contributed by atoms with van der Waals surface area (Å²) < 4.78 is 5.33. The van der Waals surface area contributed by atoms with Crippen molar-refractivity contribution in [1.82, 2.24) is 0 Å². The van der Waals surface area contributed by atoms with Gasteiger partial charge >= 0.3 is 5.97 Å². The molecular formula is C14H22O2. The summed E-state index contributed by atoms with van der Waals surface area (Å²) in [5.74, 6) is 1.21. The molecule has 2 bridgehead atoms. The fourth-order valence-corrected chi connectivity index (χ4v) is 2.77. The van der Waals surface area contributed by atoms with E-state index in [1.807, 2.05) is 0 Å². The third-order valence-corrected chi connectivity index (χ3v) is 4.13. The van der Waals surface area contributed by atoms with Gasteiger partial charge in [-0.2, -0.15) is 0 Å². The van der Waals surface area contributed by atoms with Gasteiger partial charge in [-0.05, 0) is 36.5 Å². The first-order valence-corrected chi connectivity index (χ1v) is 6.48. The lowest BCUT2D eigenvalue weighted by atomic mass is 9.84. The van der Waals surface area contributed by atoms with E-state index in [-0.39, 0.29) is 11.4 Å². The number of fused-ring (bicyclic) bond motifs is 2. The second-order valence-corrected chi connectivity index (χ2v) is 5.60. The second kappa shape index (κ2) is 4.60. The molecule has 2 nitrogen and oxygen atoms in total. The molecule has 3 unspecified atom stereocenters. The van der Waals surface area contributed by atoms with Gasteiger partial charge in [0.15, 0.2) is 0 Å². The number of rotatable bonds is 5. The molecule has 0 amide bonds. The number of allylic oxidation sites excluding steroid dienone is 2. The number of carbonyl (C=O) groups excluding carboxylic acids is 1. The third kappa shape index (κ3) is 2.47. The van der Waals surface area contributed by atoms with Crippen LogP contribution in [0.4, 0.5) is 0 Å². The Labute approximate surface area is 98.1 Å². The van der Waals surface area contributed by atoms with Gasteiger partial charge in [-0.25, -0.2) is 0 Å². The zero-order valence-corrected chi connectivity index (χ0v) is 10.4. The molecule has 0 aromatic rings. The van der Waals surface area contributed by atoms with Gasteiger partial charge in [-0.15, -0.1) is 0 Å². The van der Waals surface area contributed by atoms with Crippen LogP contribution in [0, 0.1) is 17.3 Å². The van der Waals surface area contributed by atoms with Gasteiger partial charge in [0.1, 0.15) is 0 Å². The molecule has 0 spiro atoms. The average Bonchev–Trinajstić information content (AvgIpc) is 2.85. The quantitative estimate of drug-likeness (QED) is 0.527. The normalized spacial score (nSPS) is 33.0. The van der Waals surface area contributed by atoms with E-state index in [0.29, 0.717) is 18.9 Å². The summed E-state index contributed by atoms with van der Waals surface area (Å²) in [7, 11) is 0. The van der Waals surface area contributed by atoms with Gasteiger partial charge in [0.25, 0.3) is 0 Å². The highest BCUT2D eigenvalue weighted by atomic mass is 16.5. The third-order valence-electron chi connectivity index (χ3n) is 4.13. The molecule has 0 N–H and O–H groups in total. The number of carbonyl (C=O) groups is 1. The molecule has 0 aromatic heterocycles. The van der Waals surface area contributed by atoms with Crippen molar-refractivity contribution in [3.05, 3.63) is 12.2 Å². The van der Waals surface area contributed by atoms with Crippen LogP contribution in [0.1, 0.15) is 46.0 Å². The number of hydrogen-bond acceptors (Lipinski definition) is 2. The van der Waals surface area contributed by atoms with Crippen LogP contribution in [0.15, 0.2) is 12.2 Å². The maximum Gasteiger partial charge on any atom is 0.306 e. The summed E-state index contributed by atoms with van der Waals surface area (Å²) >= 11 is 0. The monoisotopic (exact) mass is 222 g/mol. The number of ether oxygens (including phenoxy) is 1. The summed E-state index contributed by atoms with van der Waals surface area (Å²) in [6.45, 7) is 4.82. The van der Waals surface area contributed by atoms with Crippen LogP contribution in [-0.4, -0.2) is 12.6 Å². The minimum atomic E-state index is -0.00694. The van der Waals surface area contributed by atoms with E-state index in [2.05, 4.69) is 26.0 Å². The van der Waals surface area contributed by atoms with Crippen molar-refractivity contribution in [2.24, 2.45) is 17.3 Å².